The van der Waals surface area contributed by atoms with E-state index in [1.165, 1.54) is 25.7 Å². The Morgan fingerprint density at radius 3 is 2.64 bits per heavy atom. The molecule has 1 amide bonds. The molecule has 0 atom stereocenters. The van der Waals surface area contributed by atoms with Crippen LogP contribution in [0, 0.1) is 5.92 Å². The number of nitrogens with zero attached hydrogens (tertiary/aromatic N) is 4. The van der Waals surface area contributed by atoms with Crippen molar-refractivity contribution in [2.75, 3.05) is 13.1 Å². The van der Waals surface area contributed by atoms with Crippen molar-refractivity contribution >= 4 is 5.91 Å². The maximum Gasteiger partial charge on any atom is 0.251 e. The van der Waals surface area contributed by atoms with Gasteiger partial charge in [0.15, 0.2) is 5.82 Å². The van der Waals surface area contributed by atoms with Crippen molar-refractivity contribution in [3.05, 3.63) is 40.7 Å². The Balaban J connectivity index is 1.36. The minimum atomic E-state index is -0.180. The lowest BCUT2D eigenvalue weighted by Gasteiger charge is -2.32. The lowest BCUT2D eigenvalue weighted by atomic mass is 9.92. The van der Waals surface area contributed by atoms with Gasteiger partial charge in [-0.3, -0.25) is 14.6 Å². The zero-order valence-electron chi connectivity index (χ0n) is 16.1. The molecule has 0 spiro atoms. The predicted octanol–water partition coefficient (Wildman–Crippen LogP) is 2.90. The monoisotopic (exact) mass is 381 g/mol. The minimum absolute atomic E-state index is 0.180. The van der Waals surface area contributed by atoms with Crippen molar-refractivity contribution in [1.82, 2.24) is 24.8 Å². The van der Waals surface area contributed by atoms with Crippen LogP contribution in [0.15, 0.2) is 29.5 Å². The number of hydrogen-bond donors (Lipinski definition) is 1. The number of H-pyrrole nitrogens is 1. The molecule has 7 nitrogen and oxygen atoms in total. The summed E-state index contributed by atoms with van der Waals surface area (Å²) in [7, 11) is 0. The molecule has 148 valence electrons. The van der Waals surface area contributed by atoms with Gasteiger partial charge in [0.1, 0.15) is 5.69 Å². The fourth-order valence-corrected chi connectivity index (χ4v) is 4.44. The van der Waals surface area contributed by atoms with Gasteiger partial charge >= 0.3 is 0 Å². The Hall–Kier alpha value is -2.57. The minimum Gasteiger partial charge on any atom is -0.343 e. The summed E-state index contributed by atoms with van der Waals surface area (Å²) < 4.78 is 0. The number of carbonyl (C=O) groups is 1. The van der Waals surface area contributed by atoms with Gasteiger partial charge in [-0.15, -0.1) is 0 Å². The van der Waals surface area contributed by atoms with E-state index < -0.39 is 0 Å². The van der Waals surface area contributed by atoms with Crippen LogP contribution in [0.3, 0.4) is 0 Å². The number of aromatic nitrogens is 4. The summed E-state index contributed by atoms with van der Waals surface area (Å²) in [6, 6.07) is 1.57. The number of amides is 1. The first-order chi connectivity index (χ1) is 13.7. The third kappa shape index (κ3) is 4.46. The van der Waals surface area contributed by atoms with E-state index in [0.29, 0.717) is 17.9 Å². The summed E-state index contributed by atoms with van der Waals surface area (Å²) in [5.74, 6) is 1.67. The van der Waals surface area contributed by atoms with Crippen molar-refractivity contribution in [2.24, 2.45) is 5.92 Å². The number of aromatic amines is 1. The number of nitrogens with one attached hydrogen (secondary N) is 1. The summed E-state index contributed by atoms with van der Waals surface area (Å²) in [6.45, 7) is 1.48. The van der Waals surface area contributed by atoms with Crippen LogP contribution in [0.5, 0.6) is 0 Å². The first-order valence-electron chi connectivity index (χ1n) is 10.3. The number of hydrogen-bond acceptors (Lipinski definition) is 5. The van der Waals surface area contributed by atoms with E-state index in [9.17, 15) is 9.59 Å². The van der Waals surface area contributed by atoms with Crippen LogP contribution >= 0.6 is 0 Å². The van der Waals surface area contributed by atoms with Crippen LogP contribution < -0.4 is 5.56 Å². The second kappa shape index (κ2) is 8.63. The van der Waals surface area contributed by atoms with E-state index in [2.05, 4.69) is 19.9 Å². The maximum absolute atomic E-state index is 12.5. The molecule has 0 radical (unpaired) electrons. The van der Waals surface area contributed by atoms with Crippen LogP contribution in [0.25, 0.3) is 11.5 Å². The van der Waals surface area contributed by atoms with Gasteiger partial charge in [0.2, 0.25) is 5.91 Å². The standard InChI is InChI=1S/C21H27N5O2/c27-19-13-17(24-21(25-19)18-14-22-9-10-23-18)16-7-11-26(12-8-16)20(28)6-5-15-3-1-2-4-15/h9-10,13-16H,1-8,11-12H2,(H,24,25,27). The van der Waals surface area contributed by atoms with Crippen LogP contribution in [0.4, 0.5) is 0 Å². The fraction of sp³-hybridized carbons (Fsp3) is 0.571. The van der Waals surface area contributed by atoms with Gasteiger partial charge in [0, 0.05) is 43.9 Å². The maximum atomic E-state index is 12.5. The van der Waals surface area contributed by atoms with E-state index in [1.54, 1.807) is 24.7 Å². The highest BCUT2D eigenvalue weighted by molar-refractivity contribution is 5.76. The fourth-order valence-electron chi connectivity index (χ4n) is 4.44. The molecule has 0 aromatic carbocycles. The predicted molar refractivity (Wildman–Crippen MR) is 106 cm³/mol. The van der Waals surface area contributed by atoms with Gasteiger partial charge in [-0.25, -0.2) is 9.97 Å². The summed E-state index contributed by atoms with van der Waals surface area (Å²) >= 11 is 0. The summed E-state index contributed by atoms with van der Waals surface area (Å²) in [5.41, 5.74) is 1.16. The zero-order chi connectivity index (χ0) is 19.3. The lowest BCUT2D eigenvalue weighted by molar-refractivity contribution is -0.132. The lowest BCUT2D eigenvalue weighted by Crippen LogP contribution is -2.38. The van der Waals surface area contributed by atoms with Gasteiger partial charge in [-0.05, 0) is 25.2 Å². The van der Waals surface area contributed by atoms with Crippen molar-refractivity contribution in [1.29, 1.82) is 0 Å². The smallest absolute Gasteiger partial charge is 0.251 e. The average Bonchev–Trinajstić information content (AvgIpc) is 3.26. The van der Waals surface area contributed by atoms with E-state index >= 15 is 0 Å². The summed E-state index contributed by atoms with van der Waals surface area (Å²) in [5, 5.41) is 0. The second-order valence-corrected chi connectivity index (χ2v) is 7.95. The molecule has 1 saturated carbocycles. The molecule has 2 aliphatic rings. The first-order valence-corrected chi connectivity index (χ1v) is 10.3. The van der Waals surface area contributed by atoms with Crippen molar-refractivity contribution in [3.8, 4) is 11.5 Å². The largest absolute Gasteiger partial charge is 0.343 e. The van der Waals surface area contributed by atoms with Crippen LogP contribution in [-0.2, 0) is 4.79 Å². The molecule has 1 aliphatic carbocycles. The molecule has 28 heavy (non-hydrogen) atoms. The number of carbonyl (C=O) groups excluding carboxylic acids is 1. The average molecular weight is 381 g/mol. The third-order valence-corrected chi connectivity index (χ3v) is 6.07. The molecule has 1 N–H and O–H groups in total. The number of rotatable bonds is 5. The van der Waals surface area contributed by atoms with Gasteiger partial charge in [-0.2, -0.15) is 0 Å². The molecule has 4 rings (SSSR count). The van der Waals surface area contributed by atoms with Crippen LogP contribution in [0.1, 0.15) is 63.0 Å². The van der Waals surface area contributed by atoms with E-state index in [0.717, 1.165) is 44.0 Å². The van der Waals surface area contributed by atoms with Crippen molar-refractivity contribution < 1.29 is 4.79 Å². The second-order valence-electron chi connectivity index (χ2n) is 7.95. The molecule has 2 fully saturated rings. The zero-order valence-corrected chi connectivity index (χ0v) is 16.1. The molecule has 7 heteroatoms. The SMILES string of the molecule is O=C(CCC1CCCC1)N1CCC(c2cc(=O)[nH]c(-c3cnccn3)n2)CC1. The molecule has 0 bridgehead atoms. The Kier molecular flexibility index (Phi) is 5.78. The van der Waals surface area contributed by atoms with Gasteiger partial charge in [0.25, 0.3) is 5.56 Å². The molecule has 2 aromatic rings. The molecule has 1 saturated heterocycles. The topological polar surface area (TPSA) is 91.8 Å². The van der Waals surface area contributed by atoms with E-state index in [-0.39, 0.29) is 17.4 Å². The molecule has 2 aromatic heterocycles. The third-order valence-electron chi connectivity index (χ3n) is 6.07. The van der Waals surface area contributed by atoms with Crippen molar-refractivity contribution in [3.63, 3.8) is 0 Å². The van der Waals surface area contributed by atoms with Crippen LogP contribution in [-0.4, -0.2) is 43.8 Å². The Bertz CT molecular complexity index is 853. The molecular formula is C21H27N5O2. The highest BCUT2D eigenvalue weighted by Gasteiger charge is 2.26. The quantitative estimate of drug-likeness (QED) is 0.860. The van der Waals surface area contributed by atoms with Crippen molar-refractivity contribution in [2.45, 2.75) is 57.3 Å². The molecule has 3 heterocycles. The van der Waals surface area contributed by atoms with Crippen LogP contribution in [0.2, 0.25) is 0 Å². The molecule has 1 aliphatic heterocycles. The van der Waals surface area contributed by atoms with Gasteiger partial charge in [0.05, 0.1) is 11.9 Å². The van der Waals surface area contributed by atoms with E-state index in [4.69, 9.17) is 0 Å². The summed E-state index contributed by atoms with van der Waals surface area (Å²) in [6.07, 6.45) is 13.4. The number of likely N-dealkylation sites (tertiary alicyclic amines) is 1. The highest BCUT2D eigenvalue weighted by atomic mass is 16.2. The normalized spacial score (nSPS) is 18.5. The van der Waals surface area contributed by atoms with E-state index in [1.807, 2.05) is 4.90 Å². The summed E-state index contributed by atoms with van der Waals surface area (Å²) in [4.78, 5) is 42.2. The van der Waals surface area contributed by atoms with Gasteiger partial charge in [-0.1, -0.05) is 25.7 Å². The van der Waals surface area contributed by atoms with Gasteiger partial charge < -0.3 is 9.88 Å². The first kappa shape index (κ1) is 18.8. The number of piperidine rings is 1. The molecular weight excluding hydrogens is 354 g/mol. The Labute approximate surface area is 164 Å². The highest BCUT2D eigenvalue weighted by Crippen LogP contribution is 2.30. The Morgan fingerprint density at radius 2 is 1.93 bits per heavy atom. The molecule has 0 unspecified atom stereocenters. The Morgan fingerprint density at radius 1 is 1.14 bits per heavy atom.